The number of halogens is 2. The van der Waals surface area contributed by atoms with Gasteiger partial charge in [0.1, 0.15) is 5.82 Å². The maximum Gasteiger partial charge on any atom is 0.123 e. The number of benzene rings is 1. The second kappa shape index (κ2) is 5.83. The highest BCUT2D eigenvalue weighted by Crippen LogP contribution is 2.28. The van der Waals surface area contributed by atoms with Gasteiger partial charge in [0.05, 0.1) is 11.9 Å². The molecule has 94 valence electrons. The van der Waals surface area contributed by atoms with E-state index in [1.807, 2.05) is 13.0 Å². The summed E-state index contributed by atoms with van der Waals surface area (Å²) in [7, 11) is 0. The molecule has 0 unspecified atom stereocenters. The first-order chi connectivity index (χ1) is 8.76. The normalized spacial score (nSPS) is 10.4. The molecule has 0 amide bonds. The van der Waals surface area contributed by atoms with Crippen molar-refractivity contribution in [2.24, 2.45) is 0 Å². The zero-order valence-electron chi connectivity index (χ0n) is 10.1. The van der Waals surface area contributed by atoms with E-state index in [0.717, 1.165) is 23.5 Å². The summed E-state index contributed by atoms with van der Waals surface area (Å²) >= 11 is 5.93. The van der Waals surface area contributed by atoms with Crippen LogP contribution in [0, 0.1) is 5.82 Å². The number of alkyl halides is 1. The second-order valence-electron chi connectivity index (χ2n) is 3.86. The fourth-order valence-corrected chi connectivity index (χ4v) is 2.11. The number of aromatic nitrogens is 1. The average Bonchev–Trinajstić information content (AvgIpc) is 2.42. The molecule has 2 rings (SSSR count). The summed E-state index contributed by atoms with van der Waals surface area (Å²) in [6, 6.07) is 8.31. The van der Waals surface area contributed by atoms with E-state index in [4.69, 9.17) is 11.6 Å². The first-order valence-corrected chi connectivity index (χ1v) is 6.31. The van der Waals surface area contributed by atoms with Gasteiger partial charge < -0.3 is 4.90 Å². The largest absolute Gasteiger partial charge is 0.340 e. The van der Waals surface area contributed by atoms with Gasteiger partial charge in [-0.1, -0.05) is 0 Å². The Morgan fingerprint density at radius 1 is 1.22 bits per heavy atom. The summed E-state index contributed by atoms with van der Waals surface area (Å²) < 4.78 is 12.9. The molecule has 1 heterocycles. The Morgan fingerprint density at radius 2 is 1.94 bits per heavy atom. The van der Waals surface area contributed by atoms with Crippen LogP contribution in [0.5, 0.6) is 0 Å². The first kappa shape index (κ1) is 12.8. The summed E-state index contributed by atoms with van der Waals surface area (Å²) in [5, 5.41) is 0. The Labute approximate surface area is 111 Å². The van der Waals surface area contributed by atoms with E-state index in [1.54, 1.807) is 24.5 Å². The molecular weight excluding hydrogens is 251 g/mol. The van der Waals surface area contributed by atoms with Crippen LogP contribution in [0.3, 0.4) is 0 Å². The molecule has 2 nitrogen and oxygen atoms in total. The molecule has 0 bridgehead atoms. The predicted molar refractivity (Wildman–Crippen MR) is 72.9 cm³/mol. The lowest BCUT2D eigenvalue weighted by atomic mass is 10.2. The minimum Gasteiger partial charge on any atom is -0.340 e. The number of anilines is 2. The highest BCUT2D eigenvalue weighted by molar-refractivity contribution is 6.17. The molecular formula is C14H14ClFN2. The molecule has 0 aliphatic heterocycles. The molecule has 1 aromatic carbocycles. The maximum absolute atomic E-state index is 12.9. The van der Waals surface area contributed by atoms with E-state index in [0.29, 0.717) is 5.88 Å². The Hall–Kier alpha value is -1.61. The van der Waals surface area contributed by atoms with Crippen molar-refractivity contribution in [1.29, 1.82) is 0 Å². The quantitative estimate of drug-likeness (QED) is 0.773. The average molecular weight is 265 g/mol. The van der Waals surface area contributed by atoms with Crippen molar-refractivity contribution >= 4 is 23.0 Å². The van der Waals surface area contributed by atoms with Crippen molar-refractivity contribution < 1.29 is 4.39 Å². The molecule has 0 aliphatic carbocycles. The molecule has 0 fully saturated rings. The van der Waals surface area contributed by atoms with Crippen LogP contribution in [0.2, 0.25) is 0 Å². The number of rotatable bonds is 4. The minimum absolute atomic E-state index is 0.237. The van der Waals surface area contributed by atoms with E-state index >= 15 is 0 Å². The van der Waals surface area contributed by atoms with Crippen LogP contribution in [0.15, 0.2) is 42.7 Å². The zero-order valence-corrected chi connectivity index (χ0v) is 10.9. The van der Waals surface area contributed by atoms with Gasteiger partial charge in [0.25, 0.3) is 0 Å². The number of hydrogen-bond donors (Lipinski definition) is 0. The van der Waals surface area contributed by atoms with E-state index in [9.17, 15) is 4.39 Å². The molecule has 0 radical (unpaired) electrons. The van der Waals surface area contributed by atoms with Gasteiger partial charge in [0.15, 0.2) is 0 Å². The van der Waals surface area contributed by atoms with Crippen LogP contribution < -0.4 is 4.90 Å². The van der Waals surface area contributed by atoms with Gasteiger partial charge >= 0.3 is 0 Å². The summed E-state index contributed by atoms with van der Waals surface area (Å²) in [5.41, 5.74) is 2.90. The van der Waals surface area contributed by atoms with Crippen molar-refractivity contribution in [2.45, 2.75) is 12.8 Å². The summed E-state index contributed by atoms with van der Waals surface area (Å²) in [6.07, 6.45) is 3.50. The van der Waals surface area contributed by atoms with Crippen LogP contribution in [-0.4, -0.2) is 11.5 Å². The second-order valence-corrected chi connectivity index (χ2v) is 4.13. The molecule has 0 N–H and O–H groups in total. The van der Waals surface area contributed by atoms with Gasteiger partial charge in [-0.05, 0) is 42.8 Å². The van der Waals surface area contributed by atoms with Crippen LogP contribution in [0.1, 0.15) is 12.5 Å². The SMILES string of the molecule is CCN(c1ccc(F)cc1)c1cnccc1CCl. The van der Waals surface area contributed by atoms with Crippen LogP contribution in [0.4, 0.5) is 15.8 Å². The van der Waals surface area contributed by atoms with Crippen molar-refractivity contribution in [2.75, 3.05) is 11.4 Å². The number of hydrogen-bond acceptors (Lipinski definition) is 2. The van der Waals surface area contributed by atoms with Gasteiger partial charge in [-0.25, -0.2) is 4.39 Å². The Kier molecular flexibility index (Phi) is 4.15. The van der Waals surface area contributed by atoms with Crippen molar-refractivity contribution in [1.82, 2.24) is 4.98 Å². The molecule has 0 aliphatic rings. The predicted octanol–water partition coefficient (Wildman–Crippen LogP) is 4.12. The van der Waals surface area contributed by atoms with Gasteiger partial charge in [-0.3, -0.25) is 4.98 Å². The van der Waals surface area contributed by atoms with Crippen LogP contribution >= 0.6 is 11.6 Å². The fraction of sp³-hybridized carbons (Fsp3) is 0.214. The molecule has 0 saturated heterocycles. The highest BCUT2D eigenvalue weighted by atomic mass is 35.5. The summed E-state index contributed by atoms with van der Waals surface area (Å²) in [6.45, 7) is 2.80. The summed E-state index contributed by atoms with van der Waals surface area (Å²) in [4.78, 5) is 6.19. The Bertz CT molecular complexity index is 513. The van der Waals surface area contributed by atoms with E-state index in [1.165, 1.54) is 12.1 Å². The Balaban J connectivity index is 2.41. The molecule has 0 spiro atoms. The zero-order chi connectivity index (χ0) is 13.0. The first-order valence-electron chi connectivity index (χ1n) is 5.78. The third kappa shape index (κ3) is 2.62. The van der Waals surface area contributed by atoms with E-state index in [2.05, 4.69) is 9.88 Å². The van der Waals surface area contributed by atoms with Crippen LogP contribution in [-0.2, 0) is 5.88 Å². The number of nitrogens with zero attached hydrogens (tertiary/aromatic N) is 2. The van der Waals surface area contributed by atoms with Gasteiger partial charge in [-0.15, -0.1) is 11.6 Å². The lowest BCUT2D eigenvalue weighted by molar-refractivity contribution is 0.628. The third-order valence-electron chi connectivity index (χ3n) is 2.78. The molecule has 0 saturated carbocycles. The van der Waals surface area contributed by atoms with Crippen molar-refractivity contribution in [3.05, 3.63) is 54.1 Å². The van der Waals surface area contributed by atoms with Gasteiger partial charge in [0, 0.05) is 24.3 Å². The third-order valence-corrected chi connectivity index (χ3v) is 3.06. The van der Waals surface area contributed by atoms with Crippen molar-refractivity contribution in [3.8, 4) is 0 Å². The number of pyridine rings is 1. The Morgan fingerprint density at radius 3 is 2.56 bits per heavy atom. The molecule has 4 heteroatoms. The lowest BCUT2D eigenvalue weighted by Gasteiger charge is -2.24. The fourth-order valence-electron chi connectivity index (χ4n) is 1.88. The smallest absolute Gasteiger partial charge is 0.123 e. The molecule has 1 aromatic heterocycles. The molecule has 18 heavy (non-hydrogen) atoms. The summed E-state index contributed by atoms with van der Waals surface area (Å²) in [5.74, 6) is 0.189. The topological polar surface area (TPSA) is 16.1 Å². The lowest BCUT2D eigenvalue weighted by Crippen LogP contribution is -2.17. The van der Waals surface area contributed by atoms with Gasteiger partial charge in [0.2, 0.25) is 0 Å². The maximum atomic E-state index is 12.9. The monoisotopic (exact) mass is 264 g/mol. The van der Waals surface area contributed by atoms with E-state index < -0.39 is 0 Å². The molecule has 2 aromatic rings. The molecule has 0 atom stereocenters. The van der Waals surface area contributed by atoms with Crippen molar-refractivity contribution in [3.63, 3.8) is 0 Å². The van der Waals surface area contributed by atoms with E-state index in [-0.39, 0.29) is 5.82 Å². The van der Waals surface area contributed by atoms with Gasteiger partial charge in [-0.2, -0.15) is 0 Å². The van der Waals surface area contributed by atoms with Crippen LogP contribution in [0.25, 0.3) is 0 Å². The standard InChI is InChI=1S/C14H14ClFN2/c1-2-18(13-5-3-12(16)4-6-13)14-10-17-8-7-11(14)9-15/h3-8,10H,2,9H2,1H3. The highest BCUT2D eigenvalue weighted by Gasteiger charge is 2.11. The minimum atomic E-state index is -0.237.